The SMILES string of the molecule is CC(OCC(F)(F)F)C(=O)NC1CCC(CO)CC1. The number of hydrogen-bond acceptors (Lipinski definition) is 3. The smallest absolute Gasteiger partial charge is 0.396 e. The maximum Gasteiger partial charge on any atom is 0.411 e. The monoisotopic (exact) mass is 283 g/mol. The van der Waals surface area contributed by atoms with Crippen molar-refractivity contribution >= 4 is 5.91 Å². The first-order valence-electron chi connectivity index (χ1n) is 6.41. The van der Waals surface area contributed by atoms with Crippen LogP contribution in [-0.2, 0) is 9.53 Å². The van der Waals surface area contributed by atoms with E-state index in [9.17, 15) is 18.0 Å². The molecule has 1 atom stereocenters. The zero-order valence-corrected chi connectivity index (χ0v) is 10.9. The first-order valence-corrected chi connectivity index (χ1v) is 6.41. The van der Waals surface area contributed by atoms with E-state index in [1.807, 2.05) is 0 Å². The second-order valence-corrected chi connectivity index (χ2v) is 4.98. The summed E-state index contributed by atoms with van der Waals surface area (Å²) in [6.07, 6.45) is -2.42. The third-order valence-corrected chi connectivity index (χ3v) is 3.32. The Labute approximate surface area is 110 Å². The number of hydrogen-bond donors (Lipinski definition) is 2. The first kappa shape index (κ1) is 16.2. The Morgan fingerprint density at radius 2 is 1.95 bits per heavy atom. The van der Waals surface area contributed by atoms with Gasteiger partial charge in [0.2, 0.25) is 5.91 Å². The largest absolute Gasteiger partial charge is 0.411 e. The van der Waals surface area contributed by atoms with Gasteiger partial charge in [0, 0.05) is 12.6 Å². The average Bonchev–Trinajstić information content (AvgIpc) is 2.36. The van der Waals surface area contributed by atoms with Gasteiger partial charge in [-0.05, 0) is 38.5 Å². The lowest BCUT2D eigenvalue weighted by Gasteiger charge is -2.28. The normalized spacial score (nSPS) is 25.9. The highest BCUT2D eigenvalue weighted by Crippen LogP contribution is 2.23. The van der Waals surface area contributed by atoms with E-state index >= 15 is 0 Å². The summed E-state index contributed by atoms with van der Waals surface area (Å²) in [6.45, 7) is 0.0328. The summed E-state index contributed by atoms with van der Waals surface area (Å²) in [5.41, 5.74) is 0. The second kappa shape index (κ2) is 7.09. The molecule has 0 spiro atoms. The molecule has 0 aromatic heterocycles. The number of ether oxygens (including phenoxy) is 1. The van der Waals surface area contributed by atoms with Crippen molar-refractivity contribution in [3.05, 3.63) is 0 Å². The molecule has 4 nitrogen and oxygen atoms in total. The van der Waals surface area contributed by atoms with Crippen LogP contribution in [0.5, 0.6) is 0 Å². The molecule has 0 bridgehead atoms. The van der Waals surface area contributed by atoms with Gasteiger partial charge in [-0.3, -0.25) is 4.79 Å². The van der Waals surface area contributed by atoms with E-state index in [2.05, 4.69) is 10.1 Å². The van der Waals surface area contributed by atoms with Gasteiger partial charge >= 0.3 is 6.18 Å². The van der Waals surface area contributed by atoms with Crippen LogP contribution in [-0.4, -0.2) is 42.5 Å². The number of rotatable bonds is 5. The number of carbonyl (C=O) groups excluding carboxylic acids is 1. The maximum absolute atomic E-state index is 11.9. The number of aliphatic hydroxyl groups is 1. The van der Waals surface area contributed by atoms with Gasteiger partial charge in [-0.15, -0.1) is 0 Å². The van der Waals surface area contributed by atoms with Gasteiger partial charge < -0.3 is 15.2 Å². The zero-order chi connectivity index (χ0) is 14.5. The molecule has 0 aliphatic heterocycles. The lowest BCUT2D eigenvalue weighted by molar-refractivity contribution is -0.185. The van der Waals surface area contributed by atoms with Crippen molar-refractivity contribution in [2.75, 3.05) is 13.2 Å². The van der Waals surface area contributed by atoms with Gasteiger partial charge in [0.1, 0.15) is 12.7 Å². The highest BCUT2D eigenvalue weighted by atomic mass is 19.4. The summed E-state index contributed by atoms with van der Waals surface area (Å²) in [5.74, 6) is -0.247. The molecular formula is C12H20F3NO3. The summed E-state index contributed by atoms with van der Waals surface area (Å²) in [7, 11) is 0. The average molecular weight is 283 g/mol. The minimum atomic E-state index is -4.42. The molecular weight excluding hydrogens is 263 g/mol. The predicted octanol–water partition coefficient (Wildman–Crippen LogP) is 1.62. The van der Waals surface area contributed by atoms with E-state index in [1.54, 1.807) is 0 Å². The Hall–Kier alpha value is -0.820. The number of aliphatic hydroxyl groups excluding tert-OH is 1. The quantitative estimate of drug-likeness (QED) is 0.806. The van der Waals surface area contributed by atoms with Crippen LogP contribution in [0.1, 0.15) is 32.6 Å². The molecule has 0 aromatic rings. The standard InChI is InChI=1S/C12H20F3NO3/c1-8(19-7-12(13,14)15)11(18)16-10-4-2-9(6-17)3-5-10/h8-10,17H,2-7H2,1H3,(H,16,18). The van der Waals surface area contributed by atoms with Crippen molar-refractivity contribution in [1.82, 2.24) is 5.32 Å². The minimum Gasteiger partial charge on any atom is -0.396 e. The number of nitrogens with one attached hydrogen (secondary N) is 1. The molecule has 1 aliphatic rings. The maximum atomic E-state index is 11.9. The van der Waals surface area contributed by atoms with Crippen LogP contribution in [0.4, 0.5) is 13.2 Å². The van der Waals surface area contributed by atoms with Crippen LogP contribution in [0.15, 0.2) is 0 Å². The molecule has 1 fully saturated rings. The van der Waals surface area contributed by atoms with E-state index < -0.39 is 24.8 Å². The molecule has 2 N–H and O–H groups in total. The molecule has 112 valence electrons. The molecule has 1 rings (SSSR count). The summed E-state index contributed by atoms with van der Waals surface area (Å²) in [5, 5.41) is 11.7. The lowest BCUT2D eigenvalue weighted by Crippen LogP contribution is -2.43. The molecule has 1 saturated carbocycles. The van der Waals surface area contributed by atoms with Gasteiger partial charge in [0.05, 0.1) is 0 Å². The Morgan fingerprint density at radius 1 is 1.37 bits per heavy atom. The first-order chi connectivity index (χ1) is 8.81. The molecule has 0 radical (unpaired) electrons. The second-order valence-electron chi connectivity index (χ2n) is 4.98. The molecule has 19 heavy (non-hydrogen) atoms. The Balaban J connectivity index is 2.27. The third kappa shape index (κ3) is 6.24. The molecule has 1 aliphatic carbocycles. The van der Waals surface area contributed by atoms with Gasteiger partial charge in [-0.1, -0.05) is 0 Å². The fourth-order valence-corrected chi connectivity index (χ4v) is 2.10. The lowest BCUT2D eigenvalue weighted by atomic mass is 9.86. The number of carbonyl (C=O) groups is 1. The minimum absolute atomic E-state index is 0.0350. The van der Waals surface area contributed by atoms with E-state index in [0.717, 1.165) is 25.7 Å². The molecule has 1 unspecified atom stereocenters. The fraction of sp³-hybridized carbons (Fsp3) is 0.917. The van der Waals surface area contributed by atoms with Crippen molar-refractivity contribution in [3.63, 3.8) is 0 Å². The van der Waals surface area contributed by atoms with Gasteiger partial charge in [0.25, 0.3) is 0 Å². The predicted molar refractivity (Wildman–Crippen MR) is 62.4 cm³/mol. The number of amides is 1. The van der Waals surface area contributed by atoms with E-state index in [4.69, 9.17) is 5.11 Å². The van der Waals surface area contributed by atoms with Gasteiger partial charge in [-0.2, -0.15) is 13.2 Å². The van der Waals surface area contributed by atoms with Gasteiger partial charge in [0.15, 0.2) is 0 Å². The molecule has 1 amide bonds. The van der Waals surface area contributed by atoms with Crippen LogP contribution in [0.25, 0.3) is 0 Å². The van der Waals surface area contributed by atoms with Crippen molar-refractivity contribution in [2.45, 2.75) is 50.9 Å². The number of halogens is 3. The third-order valence-electron chi connectivity index (χ3n) is 3.32. The Morgan fingerprint density at radius 3 is 2.42 bits per heavy atom. The highest BCUT2D eigenvalue weighted by molar-refractivity contribution is 5.80. The topological polar surface area (TPSA) is 58.6 Å². The summed E-state index contributed by atoms with van der Waals surface area (Å²) in [6, 6.07) is -0.0350. The molecule has 0 aromatic carbocycles. The van der Waals surface area contributed by atoms with Crippen LogP contribution in [0.2, 0.25) is 0 Å². The molecule has 0 heterocycles. The van der Waals surface area contributed by atoms with Crippen molar-refractivity contribution in [2.24, 2.45) is 5.92 Å². The van der Waals surface area contributed by atoms with E-state index in [1.165, 1.54) is 6.92 Å². The van der Waals surface area contributed by atoms with Gasteiger partial charge in [-0.25, -0.2) is 0 Å². The highest BCUT2D eigenvalue weighted by Gasteiger charge is 2.30. The van der Waals surface area contributed by atoms with Crippen LogP contribution in [0, 0.1) is 5.92 Å². The van der Waals surface area contributed by atoms with Crippen LogP contribution < -0.4 is 5.32 Å². The zero-order valence-electron chi connectivity index (χ0n) is 10.9. The number of alkyl halides is 3. The van der Waals surface area contributed by atoms with E-state index in [-0.39, 0.29) is 18.6 Å². The Bertz CT molecular complexity index is 288. The van der Waals surface area contributed by atoms with E-state index in [0.29, 0.717) is 0 Å². The summed E-state index contributed by atoms with van der Waals surface area (Å²) >= 11 is 0. The molecule has 7 heteroatoms. The van der Waals surface area contributed by atoms with Crippen LogP contribution >= 0.6 is 0 Å². The molecule has 0 saturated heterocycles. The van der Waals surface area contributed by atoms with Crippen molar-refractivity contribution < 1.29 is 27.8 Å². The summed E-state index contributed by atoms with van der Waals surface area (Å²) < 4.78 is 40.3. The fourth-order valence-electron chi connectivity index (χ4n) is 2.10. The Kier molecular flexibility index (Phi) is 6.06. The van der Waals surface area contributed by atoms with Crippen molar-refractivity contribution in [1.29, 1.82) is 0 Å². The van der Waals surface area contributed by atoms with Crippen LogP contribution in [0.3, 0.4) is 0 Å². The summed E-state index contributed by atoms with van der Waals surface area (Å²) in [4.78, 5) is 11.6. The van der Waals surface area contributed by atoms with Crippen molar-refractivity contribution in [3.8, 4) is 0 Å².